The molecular formula is C16H15N5. The number of rotatable bonds is 2. The Balaban J connectivity index is 1.78. The zero-order valence-electron chi connectivity index (χ0n) is 11.5. The number of nitrogens with two attached hydrogens (primary N) is 1. The minimum atomic E-state index is 0.364. The molecule has 1 aliphatic rings. The lowest BCUT2D eigenvalue weighted by molar-refractivity contribution is 0.900. The zero-order valence-corrected chi connectivity index (χ0v) is 11.5. The van der Waals surface area contributed by atoms with Crippen LogP contribution in [-0.4, -0.2) is 20.2 Å². The summed E-state index contributed by atoms with van der Waals surface area (Å²) in [4.78, 5) is 8.81. The molecule has 0 amide bonds. The Kier molecular flexibility index (Phi) is 2.70. The van der Waals surface area contributed by atoms with Crippen molar-refractivity contribution in [1.82, 2.24) is 20.2 Å². The van der Waals surface area contributed by atoms with Crippen molar-refractivity contribution in [3.63, 3.8) is 0 Å². The summed E-state index contributed by atoms with van der Waals surface area (Å²) in [7, 11) is 0. The highest BCUT2D eigenvalue weighted by Gasteiger charge is 2.19. The molecule has 0 radical (unpaired) electrons. The van der Waals surface area contributed by atoms with Crippen molar-refractivity contribution in [2.45, 2.75) is 19.3 Å². The van der Waals surface area contributed by atoms with Gasteiger partial charge in [-0.05, 0) is 30.9 Å². The van der Waals surface area contributed by atoms with Crippen molar-refractivity contribution in [1.29, 1.82) is 0 Å². The Bertz CT molecular complexity index is 775. The molecule has 0 atom stereocenters. The van der Waals surface area contributed by atoms with Gasteiger partial charge in [0.25, 0.3) is 0 Å². The van der Waals surface area contributed by atoms with E-state index in [0.29, 0.717) is 5.95 Å². The molecule has 0 unspecified atom stereocenters. The van der Waals surface area contributed by atoms with Crippen molar-refractivity contribution < 1.29 is 0 Å². The zero-order chi connectivity index (χ0) is 14.2. The molecule has 3 aromatic rings. The minimum Gasteiger partial charge on any atom is -0.368 e. The molecule has 0 spiro atoms. The molecule has 0 aliphatic heterocycles. The number of aromatic amines is 1. The van der Waals surface area contributed by atoms with E-state index in [1.54, 1.807) is 6.20 Å². The smallest absolute Gasteiger partial charge is 0.220 e. The predicted molar refractivity (Wildman–Crippen MR) is 81.5 cm³/mol. The number of aromatic nitrogens is 4. The van der Waals surface area contributed by atoms with E-state index in [0.717, 1.165) is 47.5 Å². The molecule has 5 nitrogen and oxygen atoms in total. The molecule has 104 valence electrons. The van der Waals surface area contributed by atoms with Gasteiger partial charge in [-0.3, -0.25) is 5.10 Å². The van der Waals surface area contributed by atoms with Gasteiger partial charge >= 0.3 is 0 Å². The van der Waals surface area contributed by atoms with Crippen molar-refractivity contribution in [2.75, 3.05) is 5.73 Å². The van der Waals surface area contributed by atoms with E-state index in [1.807, 2.05) is 6.07 Å². The molecule has 21 heavy (non-hydrogen) atoms. The fraction of sp³-hybridized carbons (Fsp3) is 0.188. The second-order valence-corrected chi connectivity index (χ2v) is 5.26. The maximum absolute atomic E-state index is 5.84. The number of aryl methyl sites for hydroxylation is 1. The third-order valence-electron chi connectivity index (χ3n) is 3.92. The quantitative estimate of drug-likeness (QED) is 0.754. The molecular weight excluding hydrogens is 262 g/mol. The summed E-state index contributed by atoms with van der Waals surface area (Å²) in [5, 5.41) is 6.94. The van der Waals surface area contributed by atoms with Gasteiger partial charge in [0, 0.05) is 23.0 Å². The van der Waals surface area contributed by atoms with Crippen LogP contribution in [0.15, 0.2) is 36.5 Å². The molecule has 0 saturated carbocycles. The van der Waals surface area contributed by atoms with Crippen molar-refractivity contribution >= 4 is 5.95 Å². The van der Waals surface area contributed by atoms with Gasteiger partial charge in [0.05, 0.1) is 11.4 Å². The molecule has 0 fully saturated rings. The molecule has 0 bridgehead atoms. The number of anilines is 1. The summed E-state index contributed by atoms with van der Waals surface area (Å²) in [6, 6.07) is 10.3. The maximum Gasteiger partial charge on any atom is 0.220 e. The van der Waals surface area contributed by atoms with Crippen LogP contribution in [0.4, 0.5) is 5.95 Å². The number of nitrogens with one attached hydrogen (secondary N) is 1. The Morgan fingerprint density at radius 3 is 2.52 bits per heavy atom. The molecule has 2 aromatic heterocycles. The summed E-state index contributed by atoms with van der Waals surface area (Å²) in [6.07, 6.45) is 4.92. The summed E-state index contributed by atoms with van der Waals surface area (Å²) < 4.78 is 0. The highest BCUT2D eigenvalue weighted by atomic mass is 15.1. The summed E-state index contributed by atoms with van der Waals surface area (Å²) >= 11 is 0. The largest absolute Gasteiger partial charge is 0.368 e. The molecule has 2 heterocycles. The van der Waals surface area contributed by atoms with Gasteiger partial charge < -0.3 is 5.73 Å². The van der Waals surface area contributed by atoms with Gasteiger partial charge in [-0.15, -0.1) is 0 Å². The Hall–Kier alpha value is -2.69. The van der Waals surface area contributed by atoms with Gasteiger partial charge in [-0.2, -0.15) is 5.10 Å². The highest BCUT2D eigenvalue weighted by Crippen LogP contribution is 2.31. The van der Waals surface area contributed by atoms with E-state index in [-0.39, 0.29) is 0 Å². The van der Waals surface area contributed by atoms with Crippen LogP contribution in [0.5, 0.6) is 0 Å². The molecule has 0 saturated heterocycles. The number of hydrogen-bond donors (Lipinski definition) is 2. The Morgan fingerprint density at radius 1 is 0.952 bits per heavy atom. The van der Waals surface area contributed by atoms with Crippen molar-refractivity contribution in [3.8, 4) is 22.5 Å². The normalized spacial score (nSPS) is 13.3. The number of nitrogens with zero attached hydrogens (tertiary/aromatic N) is 3. The number of benzene rings is 1. The average Bonchev–Trinajstić information content (AvgIpc) is 3.17. The monoisotopic (exact) mass is 277 g/mol. The number of hydrogen-bond acceptors (Lipinski definition) is 4. The SMILES string of the molecule is Nc1nc2c(c(-c3ccc(-c4ccn[nH]4)cc3)n1)CCC2. The lowest BCUT2D eigenvalue weighted by Gasteiger charge is -2.09. The minimum absolute atomic E-state index is 0.364. The fourth-order valence-electron chi connectivity index (χ4n) is 2.91. The van der Waals surface area contributed by atoms with Crippen molar-refractivity contribution in [3.05, 3.63) is 47.8 Å². The predicted octanol–water partition coefficient (Wildman–Crippen LogP) is 2.60. The van der Waals surface area contributed by atoms with Crippen LogP contribution >= 0.6 is 0 Å². The van der Waals surface area contributed by atoms with Crippen LogP contribution in [0.2, 0.25) is 0 Å². The summed E-state index contributed by atoms with van der Waals surface area (Å²) in [5.41, 5.74) is 12.4. The van der Waals surface area contributed by atoms with Crippen LogP contribution in [0.25, 0.3) is 22.5 Å². The Labute approximate surface area is 122 Å². The van der Waals surface area contributed by atoms with Gasteiger partial charge in [-0.25, -0.2) is 9.97 Å². The first-order valence-corrected chi connectivity index (χ1v) is 7.07. The van der Waals surface area contributed by atoms with E-state index >= 15 is 0 Å². The molecule has 1 aliphatic carbocycles. The van der Waals surface area contributed by atoms with Crippen LogP contribution in [-0.2, 0) is 12.8 Å². The first-order valence-electron chi connectivity index (χ1n) is 7.07. The third kappa shape index (κ3) is 2.07. The summed E-state index contributed by atoms with van der Waals surface area (Å²) in [6.45, 7) is 0. The van der Waals surface area contributed by atoms with E-state index in [9.17, 15) is 0 Å². The third-order valence-corrected chi connectivity index (χ3v) is 3.92. The lowest BCUT2D eigenvalue weighted by Crippen LogP contribution is -2.02. The highest BCUT2D eigenvalue weighted by molar-refractivity contribution is 5.70. The van der Waals surface area contributed by atoms with E-state index < -0.39 is 0 Å². The lowest BCUT2D eigenvalue weighted by atomic mass is 10.0. The molecule has 5 heteroatoms. The standard InChI is InChI=1S/C16H15N5/c17-16-19-14-3-1-2-12(14)15(20-16)11-6-4-10(5-7-11)13-8-9-18-21-13/h4-9H,1-3H2,(H,18,21)(H2,17,19,20). The average molecular weight is 277 g/mol. The fourth-order valence-corrected chi connectivity index (χ4v) is 2.91. The van der Waals surface area contributed by atoms with Crippen molar-refractivity contribution in [2.24, 2.45) is 0 Å². The van der Waals surface area contributed by atoms with Crippen LogP contribution < -0.4 is 5.73 Å². The van der Waals surface area contributed by atoms with E-state index in [4.69, 9.17) is 5.73 Å². The number of nitrogen functional groups attached to an aromatic ring is 1. The second kappa shape index (κ2) is 4.70. The molecule has 4 rings (SSSR count). The van der Waals surface area contributed by atoms with Crippen LogP contribution in [0, 0.1) is 0 Å². The maximum atomic E-state index is 5.84. The number of fused-ring (bicyclic) bond motifs is 1. The summed E-state index contributed by atoms with van der Waals surface area (Å²) in [5.74, 6) is 0.364. The van der Waals surface area contributed by atoms with E-state index in [2.05, 4.69) is 44.4 Å². The first kappa shape index (κ1) is 12.1. The van der Waals surface area contributed by atoms with Gasteiger partial charge in [0.15, 0.2) is 0 Å². The number of H-pyrrole nitrogens is 1. The topological polar surface area (TPSA) is 80.5 Å². The second-order valence-electron chi connectivity index (χ2n) is 5.26. The first-order chi connectivity index (χ1) is 10.3. The molecule has 3 N–H and O–H groups in total. The van der Waals surface area contributed by atoms with Gasteiger partial charge in [-0.1, -0.05) is 24.3 Å². The van der Waals surface area contributed by atoms with Crippen LogP contribution in [0.1, 0.15) is 17.7 Å². The Morgan fingerprint density at radius 2 is 1.76 bits per heavy atom. The van der Waals surface area contributed by atoms with E-state index in [1.165, 1.54) is 5.56 Å². The van der Waals surface area contributed by atoms with Crippen LogP contribution in [0.3, 0.4) is 0 Å². The molecule has 1 aromatic carbocycles. The van der Waals surface area contributed by atoms with Gasteiger partial charge in [0.1, 0.15) is 0 Å². The van der Waals surface area contributed by atoms with Gasteiger partial charge in [0.2, 0.25) is 5.95 Å².